The number of nitrogens with one attached hydrogen (secondary N) is 2. The zero-order chi connectivity index (χ0) is 15.2. The molecule has 0 aliphatic heterocycles. The van der Waals surface area contributed by atoms with Crippen LogP contribution in [0.3, 0.4) is 0 Å². The van der Waals surface area contributed by atoms with Gasteiger partial charge in [0.15, 0.2) is 0 Å². The highest BCUT2D eigenvalue weighted by Crippen LogP contribution is 2.23. The molecule has 0 aliphatic carbocycles. The third-order valence-corrected chi connectivity index (χ3v) is 2.58. The second kappa shape index (κ2) is 6.60. The van der Waals surface area contributed by atoms with Gasteiger partial charge in [0, 0.05) is 11.6 Å². The summed E-state index contributed by atoms with van der Waals surface area (Å²) in [6.07, 6.45) is 0. The first-order valence-corrected chi connectivity index (χ1v) is 6.26. The number of ether oxygens (including phenoxy) is 3. The summed E-state index contributed by atoms with van der Waals surface area (Å²) in [5, 5.41) is 8.95. The molecule has 0 bridgehead atoms. The zero-order valence-electron chi connectivity index (χ0n) is 12.0. The number of carbonyl (C=O) groups excluding carboxylic acids is 1. The molecule has 0 spiro atoms. The number of aromatic amines is 1. The summed E-state index contributed by atoms with van der Waals surface area (Å²) in [5.74, 6) is 0.871. The van der Waals surface area contributed by atoms with E-state index in [1.54, 1.807) is 18.2 Å². The van der Waals surface area contributed by atoms with E-state index in [1.807, 2.05) is 6.92 Å². The summed E-state index contributed by atoms with van der Waals surface area (Å²) in [6.45, 7) is 2.26. The molecule has 1 aromatic heterocycles. The highest BCUT2D eigenvalue weighted by Gasteiger charge is 2.12. The van der Waals surface area contributed by atoms with Crippen LogP contribution < -0.4 is 19.5 Å². The Hall–Kier alpha value is -2.77. The van der Waals surface area contributed by atoms with E-state index in [4.69, 9.17) is 14.2 Å². The van der Waals surface area contributed by atoms with E-state index in [0.717, 1.165) is 0 Å². The molecule has 0 saturated carbocycles. The number of rotatable bonds is 6. The van der Waals surface area contributed by atoms with Crippen molar-refractivity contribution in [2.24, 2.45) is 0 Å². The first-order valence-electron chi connectivity index (χ1n) is 6.26. The summed E-state index contributed by atoms with van der Waals surface area (Å²) in [5.41, 5.74) is 0.376. The lowest BCUT2D eigenvalue weighted by atomic mass is 10.2. The predicted octanol–water partition coefficient (Wildman–Crippen LogP) is 1.47. The molecule has 0 unspecified atom stereocenters. The first kappa shape index (κ1) is 14.6. The molecule has 8 nitrogen and oxygen atoms in total. The SMILES string of the molecule is CCOc1n[nH]c(NC(=O)c2cc(OC)cc(OC)c2)n1. The zero-order valence-corrected chi connectivity index (χ0v) is 12.0. The van der Waals surface area contributed by atoms with E-state index in [9.17, 15) is 4.79 Å². The van der Waals surface area contributed by atoms with Gasteiger partial charge < -0.3 is 14.2 Å². The van der Waals surface area contributed by atoms with Crippen molar-refractivity contribution >= 4 is 11.9 Å². The average molecular weight is 292 g/mol. The number of H-pyrrole nitrogens is 1. The lowest BCUT2D eigenvalue weighted by Crippen LogP contribution is -2.13. The molecule has 0 saturated heterocycles. The van der Waals surface area contributed by atoms with Gasteiger partial charge in [0.2, 0.25) is 5.95 Å². The third kappa shape index (κ3) is 3.62. The van der Waals surface area contributed by atoms with Crippen molar-refractivity contribution in [3.8, 4) is 17.5 Å². The van der Waals surface area contributed by atoms with Crippen molar-refractivity contribution in [2.75, 3.05) is 26.1 Å². The molecule has 1 aromatic carbocycles. The van der Waals surface area contributed by atoms with E-state index in [2.05, 4.69) is 20.5 Å². The lowest BCUT2D eigenvalue weighted by Gasteiger charge is -2.07. The van der Waals surface area contributed by atoms with E-state index < -0.39 is 0 Å². The fourth-order valence-corrected chi connectivity index (χ4v) is 1.61. The average Bonchev–Trinajstić information content (AvgIpc) is 2.94. The maximum atomic E-state index is 12.2. The van der Waals surface area contributed by atoms with E-state index in [1.165, 1.54) is 14.2 Å². The van der Waals surface area contributed by atoms with Crippen molar-refractivity contribution in [3.63, 3.8) is 0 Å². The summed E-state index contributed by atoms with van der Waals surface area (Å²) >= 11 is 0. The van der Waals surface area contributed by atoms with Crippen molar-refractivity contribution in [3.05, 3.63) is 23.8 Å². The van der Waals surface area contributed by atoms with Gasteiger partial charge in [-0.05, 0) is 19.1 Å². The monoisotopic (exact) mass is 292 g/mol. The van der Waals surface area contributed by atoms with Gasteiger partial charge in [-0.25, -0.2) is 5.10 Å². The molecule has 1 amide bonds. The van der Waals surface area contributed by atoms with Crippen LogP contribution in [0.1, 0.15) is 17.3 Å². The predicted molar refractivity (Wildman–Crippen MR) is 75.1 cm³/mol. The minimum atomic E-state index is -0.369. The Morgan fingerprint density at radius 1 is 1.24 bits per heavy atom. The first-order chi connectivity index (χ1) is 10.2. The second-order valence-electron chi connectivity index (χ2n) is 3.96. The van der Waals surface area contributed by atoms with Crippen LogP contribution in [0.4, 0.5) is 5.95 Å². The topological polar surface area (TPSA) is 98.4 Å². The number of nitrogens with zero attached hydrogens (tertiary/aromatic N) is 2. The van der Waals surface area contributed by atoms with Gasteiger partial charge in [-0.15, -0.1) is 5.10 Å². The fourth-order valence-electron chi connectivity index (χ4n) is 1.61. The Morgan fingerprint density at radius 3 is 2.48 bits per heavy atom. The second-order valence-corrected chi connectivity index (χ2v) is 3.96. The number of anilines is 1. The van der Waals surface area contributed by atoms with E-state index in [-0.39, 0.29) is 17.9 Å². The maximum Gasteiger partial charge on any atom is 0.337 e. The molecular weight excluding hydrogens is 276 g/mol. The molecule has 112 valence electrons. The molecule has 1 heterocycles. The Labute approximate surface area is 121 Å². The van der Waals surface area contributed by atoms with Gasteiger partial charge in [0.25, 0.3) is 5.91 Å². The molecule has 2 N–H and O–H groups in total. The van der Waals surface area contributed by atoms with Crippen LogP contribution in [0.2, 0.25) is 0 Å². The Balaban J connectivity index is 2.15. The number of aromatic nitrogens is 3. The summed E-state index contributed by atoms with van der Waals surface area (Å²) in [4.78, 5) is 16.1. The standard InChI is InChI=1S/C13H16N4O4/c1-4-21-13-15-12(16-17-13)14-11(18)8-5-9(19-2)7-10(6-8)20-3/h5-7H,4H2,1-3H3,(H2,14,15,16,17,18). The smallest absolute Gasteiger partial charge is 0.337 e. The number of methoxy groups -OCH3 is 2. The fraction of sp³-hybridized carbons (Fsp3) is 0.308. The number of amides is 1. The molecule has 8 heteroatoms. The van der Waals surface area contributed by atoms with Crippen LogP contribution in [0.15, 0.2) is 18.2 Å². The molecule has 21 heavy (non-hydrogen) atoms. The van der Waals surface area contributed by atoms with Crippen LogP contribution in [0.5, 0.6) is 17.5 Å². The van der Waals surface area contributed by atoms with Crippen LogP contribution in [-0.4, -0.2) is 41.9 Å². The number of benzene rings is 1. The molecule has 2 rings (SSSR count). The van der Waals surface area contributed by atoms with Crippen LogP contribution in [-0.2, 0) is 0 Å². The van der Waals surface area contributed by atoms with Crippen molar-refractivity contribution in [1.29, 1.82) is 0 Å². The molecular formula is C13H16N4O4. The minimum Gasteiger partial charge on any atom is -0.497 e. The summed E-state index contributed by atoms with van der Waals surface area (Å²) in [6, 6.07) is 5.05. The van der Waals surface area contributed by atoms with Crippen LogP contribution in [0.25, 0.3) is 0 Å². The third-order valence-electron chi connectivity index (χ3n) is 2.58. The molecule has 0 radical (unpaired) electrons. The van der Waals surface area contributed by atoms with Gasteiger partial charge in [-0.1, -0.05) is 0 Å². The van der Waals surface area contributed by atoms with Crippen molar-refractivity contribution in [2.45, 2.75) is 6.92 Å². The summed E-state index contributed by atoms with van der Waals surface area (Å²) < 4.78 is 15.3. The number of hydrogen-bond acceptors (Lipinski definition) is 6. The normalized spacial score (nSPS) is 10.0. The molecule has 2 aromatic rings. The Kier molecular flexibility index (Phi) is 4.60. The van der Waals surface area contributed by atoms with Gasteiger partial charge >= 0.3 is 6.01 Å². The summed E-state index contributed by atoms with van der Waals surface area (Å²) in [7, 11) is 3.03. The van der Waals surface area contributed by atoms with Gasteiger partial charge in [0.05, 0.1) is 20.8 Å². The molecule has 0 aliphatic rings. The largest absolute Gasteiger partial charge is 0.497 e. The highest BCUT2D eigenvalue weighted by atomic mass is 16.5. The van der Waals surface area contributed by atoms with Gasteiger partial charge in [-0.3, -0.25) is 10.1 Å². The maximum absolute atomic E-state index is 12.2. The van der Waals surface area contributed by atoms with Gasteiger partial charge in [-0.2, -0.15) is 4.98 Å². The molecule has 0 atom stereocenters. The van der Waals surface area contributed by atoms with Gasteiger partial charge in [0.1, 0.15) is 11.5 Å². The van der Waals surface area contributed by atoms with E-state index >= 15 is 0 Å². The van der Waals surface area contributed by atoms with Crippen molar-refractivity contribution in [1.82, 2.24) is 15.2 Å². The quantitative estimate of drug-likeness (QED) is 0.836. The van der Waals surface area contributed by atoms with Crippen LogP contribution in [0, 0.1) is 0 Å². The number of hydrogen-bond donors (Lipinski definition) is 2. The minimum absolute atomic E-state index is 0.177. The highest BCUT2D eigenvalue weighted by molar-refractivity contribution is 6.03. The Morgan fingerprint density at radius 2 is 1.90 bits per heavy atom. The molecule has 0 fully saturated rings. The van der Waals surface area contributed by atoms with Crippen LogP contribution >= 0.6 is 0 Å². The lowest BCUT2D eigenvalue weighted by molar-refractivity contribution is 0.102. The van der Waals surface area contributed by atoms with Crippen molar-refractivity contribution < 1.29 is 19.0 Å². The number of carbonyl (C=O) groups is 1. The van der Waals surface area contributed by atoms with E-state index in [0.29, 0.717) is 23.7 Å². The Bertz CT molecular complexity index is 604.